The van der Waals surface area contributed by atoms with Crippen LogP contribution in [0.3, 0.4) is 0 Å². The number of nitrogens with zero attached hydrogens (tertiary/aromatic N) is 4. The third-order valence-corrected chi connectivity index (χ3v) is 12.9. The minimum Gasteiger partial charge on any atom is -0.494 e. The van der Waals surface area contributed by atoms with Crippen LogP contribution in [0.25, 0.3) is 0 Å². The van der Waals surface area contributed by atoms with Gasteiger partial charge in [0.2, 0.25) is 11.8 Å². The van der Waals surface area contributed by atoms with Crippen LogP contribution in [-0.2, 0) is 14.4 Å². The molecule has 0 aromatic heterocycles. The van der Waals surface area contributed by atoms with Gasteiger partial charge < -0.3 is 29.4 Å². The van der Waals surface area contributed by atoms with Crippen LogP contribution in [0.1, 0.15) is 54.4 Å². The number of hydrogen-bond donors (Lipinski definition) is 1. The molecule has 3 amide bonds. The zero-order valence-corrected chi connectivity index (χ0v) is 31.3. The molecule has 9 nitrogen and oxygen atoms in total. The number of rotatable bonds is 16. The predicted molar refractivity (Wildman–Crippen MR) is 204 cm³/mol. The second kappa shape index (κ2) is 15.2. The van der Waals surface area contributed by atoms with Crippen molar-refractivity contribution in [3.05, 3.63) is 73.8 Å². The molecule has 2 unspecified atom stereocenters. The van der Waals surface area contributed by atoms with E-state index in [1.807, 2.05) is 69.3 Å². The first-order valence-corrected chi connectivity index (χ1v) is 18.8. The summed E-state index contributed by atoms with van der Waals surface area (Å²) in [7, 11) is 0. The molecule has 0 radical (unpaired) electrons. The summed E-state index contributed by atoms with van der Waals surface area (Å²) in [4.78, 5) is 52.4. The fourth-order valence-corrected chi connectivity index (χ4v) is 10.9. The predicted octanol–water partition coefficient (Wildman–Crippen LogP) is 6.17. The van der Waals surface area contributed by atoms with Crippen LogP contribution in [-0.4, -0.2) is 88.7 Å². The molecule has 3 aliphatic heterocycles. The van der Waals surface area contributed by atoms with Crippen LogP contribution in [0.15, 0.2) is 73.8 Å². The molecule has 50 heavy (non-hydrogen) atoms. The van der Waals surface area contributed by atoms with Gasteiger partial charge in [-0.25, -0.2) is 0 Å². The SMILES string of the molecule is C=CCN(C(=O)C1N([C@@H](CO)C(C)C)C(=O)[C@@H]2[C@H](C(=O)N(CC=C)c3ccc(OCC)cc3)[C@]3(C)CCC12S3)c1ccc(N(CC)CC)cc1. The monoisotopic (exact) mass is 702 g/mol. The largest absolute Gasteiger partial charge is 0.494 e. The van der Waals surface area contributed by atoms with Crippen molar-refractivity contribution in [3.8, 4) is 5.75 Å². The van der Waals surface area contributed by atoms with Gasteiger partial charge in [-0.1, -0.05) is 26.0 Å². The van der Waals surface area contributed by atoms with E-state index in [9.17, 15) is 14.7 Å². The standard InChI is InChI=1S/C40H54N4O5S/c1-9-24-42(30-18-20-31(21-19-30)49-13-5)36(46)33-34-37(47)44(32(26-45)27(6)7)35(40(34)23-22-39(33,8)50-40)38(48)43(25-10-2)29-16-14-28(15-17-29)41(11-3)12-4/h9-10,14-21,27,32-35,45H,1-2,11-13,22-26H2,3-8H3/t32-,33+,34-,35?,39-,40?/m0/s1. The lowest BCUT2D eigenvalue weighted by molar-refractivity contribution is -0.143. The Labute approximate surface area is 302 Å². The number of hydrogen-bond acceptors (Lipinski definition) is 7. The van der Waals surface area contributed by atoms with Crippen molar-refractivity contribution >= 4 is 46.5 Å². The molecule has 1 spiro atoms. The fraction of sp³-hybridized carbons (Fsp3) is 0.525. The highest BCUT2D eigenvalue weighted by atomic mass is 32.2. The molecule has 2 aromatic rings. The molecule has 2 bridgehead atoms. The van der Waals surface area contributed by atoms with Gasteiger partial charge in [0, 0.05) is 48.0 Å². The van der Waals surface area contributed by atoms with E-state index in [2.05, 4.69) is 38.8 Å². The number of fused-ring (bicyclic) bond motifs is 1. The van der Waals surface area contributed by atoms with E-state index in [0.29, 0.717) is 36.6 Å². The normalized spacial score (nSPS) is 25.7. The topological polar surface area (TPSA) is 93.6 Å². The summed E-state index contributed by atoms with van der Waals surface area (Å²) in [5.74, 6) is -1.41. The zero-order valence-electron chi connectivity index (χ0n) is 30.5. The highest BCUT2D eigenvalue weighted by Crippen LogP contribution is 2.72. The van der Waals surface area contributed by atoms with Gasteiger partial charge >= 0.3 is 0 Å². The molecular formula is C40H54N4O5S. The number of carbonyl (C=O) groups is 3. The number of aliphatic hydroxyl groups is 1. The highest BCUT2D eigenvalue weighted by molar-refractivity contribution is 8.02. The summed E-state index contributed by atoms with van der Waals surface area (Å²) in [5.41, 5.74) is 2.48. The van der Waals surface area contributed by atoms with Gasteiger partial charge in [-0.15, -0.1) is 24.9 Å². The number of thioether (sulfide) groups is 1. The second-order valence-electron chi connectivity index (χ2n) is 14.1. The Morgan fingerprint density at radius 2 is 1.48 bits per heavy atom. The average molecular weight is 703 g/mol. The van der Waals surface area contributed by atoms with Crippen LogP contribution < -0.4 is 19.4 Å². The third kappa shape index (κ3) is 6.34. The molecule has 2 aromatic carbocycles. The fourth-order valence-electron chi connectivity index (χ4n) is 8.54. The Kier molecular flexibility index (Phi) is 11.4. The van der Waals surface area contributed by atoms with Gasteiger partial charge in [-0.2, -0.15) is 0 Å². The van der Waals surface area contributed by atoms with Gasteiger partial charge in [0.05, 0.1) is 35.8 Å². The molecule has 0 saturated carbocycles. The van der Waals surface area contributed by atoms with Gasteiger partial charge in [0.1, 0.15) is 11.8 Å². The number of amides is 3. The average Bonchev–Trinajstić information content (AvgIpc) is 3.68. The zero-order chi connectivity index (χ0) is 36.4. The summed E-state index contributed by atoms with van der Waals surface area (Å²) in [6, 6.07) is 13.9. The van der Waals surface area contributed by atoms with Crippen molar-refractivity contribution in [2.75, 3.05) is 54.1 Å². The molecule has 270 valence electrons. The van der Waals surface area contributed by atoms with Crippen molar-refractivity contribution in [2.45, 2.75) is 76.0 Å². The molecule has 6 atom stereocenters. The lowest BCUT2D eigenvalue weighted by atomic mass is 9.66. The molecule has 0 aliphatic carbocycles. The number of likely N-dealkylation sites (tertiary alicyclic amines) is 1. The Hall–Kier alpha value is -3.76. The minimum absolute atomic E-state index is 0.122. The molecule has 3 fully saturated rings. The maximum Gasteiger partial charge on any atom is 0.251 e. The van der Waals surface area contributed by atoms with Crippen molar-refractivity contribution in [2.24, 2.45) is 17.8 Å². The van der Waals surface area contributed by atoms with Gasteiger partial charge in [0.25, 0.3) is 5.91 Å². The Bertz CT molecular complexity index is 1560. The van der Waals surface area contributed by atoms with Gasteiger partial charge in [0.15, 0.2) is 0 Å². The first-order valence-electron chi connectivity index (χ1n) is 18.0. The maximum absolute atomic E-state index is 15.2. The summed E-state index contributed by atoms with van der Waals surface area (Å²) in [6.07, 6.45) is 4.70. The molecule has 1 N–H and O–H groups in total. The van der Waals surface area contributed by atoms with Crippen molar-refractivity contribution in [1.29, 1.82) is 0 Å². The number of benzene rings is 2. The van der Waals surface area contributed by atoms with E-state index in [-0.39, 0.29) is 43.3 Å². The summed E-state index contributed by atoms with van der Waals surface area (Å²) < 4.78 is 4.23. The Morgan fingerprint density at radius 3 is 1.98 bits per heavy atom. The van der Waals surface area contributed by atoms with E-state index in [0.717, 1.165) is 18.8 Å². The van der Waals surface area contributed by atoms with E-state index in [1.54, 1.807) is 38.6 Å². The summed E-state index contributed by atoms with van der Waals surface area (Å²) >= 11 is 1.64. The van der Waals surface area contributed by atoms with E-state index in [4.69, 9.17) is 4.74 Å². The number of ether oxygens (including phenoxy) is 1. The van der Waals surface area contributed by atoms with E-state index in [1.165, 1.54) is 0 Å². The van der Waals surface area contributed by atoms with E-state index >= 15 is 4.79 Å². The van der Waals surface area contributed by atoms with Gasteiger partial charge in [-0.05, 0) is 95.0 Å². The van der Waals surface area contributed by atoms with Crippen molar-refractivity contribution < 1.29 is 24.2 Å². The first-order chi connectivity index (χ1) is 24.0. The van der Waals surface area contributed by atoms with Crippen molar-refractivity contribution in [1.82, 2.24) is 4.90 Å². The minimum atomic E-state index is -0.870. The quantitative estimate of drug-likeness (QED) is 0.209. The number of aliphatic hydroxyl groups excluding tert-OH is 1. The smallest absolute Gasteiger partial charge is 0.251 e. The van der Waals surface area contributed by atoms with Crippen LogP contribution >= 0.6 is 11.8 Å². The highest BCUT2D eigenvalue weighted by Gasteiger charge is 2.78. The molecular weight excluding hydrogens is 649 g/mol. The third-order valence-electron chi connectivity index (χ3n) is 10.9. The van der Waals surface area contributed by atoms with Gasteiger partial charge in [-0.3, -0.25) is 14.4 Å². The van der Waals surface area contributed by atoms with E-state index < -0.39 is 33.4 Å². The van der Waals surface area contributed by atoms with Crippen LogP contribution in [0.2, 0.25) is 0 Å². The molecule has 5 rings (SSSR count). The van der Waals surface area contributed by atoms with Crippen LogP contribution in [0.5, 0.6) is 5.75 Å². The summed E-state index contributed by atoms with van der Waals surface area (Å²) in [6.45, 7) is 22.5. The molecule has 10 heteroatoms. The maximum atomic E-state index is 15.2. The summed E-state index contributed by atoms with van der Waals surface area (Å²) in [5, 5.41) is 10.7. The molecule has 3 heterocycles. The van der Waals surface area contributed by atoms with Crippen LogP contribution in [0, 0.1) is 17.8 Å². The molecule has 3 saturated heterocycles. The number of carbonyl (C=O) groups excluding carboxylic acids is 3. The van der Waals surface area contributed by atoms with Crippen molar-refractivity contribution in [3.63, 3.8) is 0 Å². The lowest BCUT2D eigenvalue weighted by Gasteiger charge is -2.40. The Morgan fingerprint density at radius 1 is 0.940 bits per heavy atom. The lowest BCUT2D eigenvalue weighted by Crippen LogP contribution is -2.58. The number of anilines is 3. The Balaban J connectivity index is 1.59. The molecule has 3 aliphatic rings. The second-order valence-corrected chi connectivity index (χ2v) is 16.0. The van der Waals surface area contributed by atoms with Crippen LogP contribution in [0.4, 0.5) is 17.1 Å². The first kappa shape index (κ1) is 37.5.